The maximum Gasteiger partial charge on any atom is 0.157 e. The van der Waals surface area contributed by atoms with E-state index in [2.05, 4.69) is 0 Å². The first-order valence-electron chi connectivity index (χ1n) is 5.59. The lowest BCUT2D eigenvalue weighted by Crippen LogP contribution is -2.45. The summed E-state index contributed by atoms with van der Waals surface area (Å²) in [6.45, 7) is 1.73. The van der Waals surface area contributed by atoms with Gasteiger partial charge in [0, 0.05) is 0 Å². The van der Waals surface area contributed by atoms with Gasteiger partial charge in [0.25, 0.3) is 0 Å². The molecule has 0 spiro atoms. The molecule has 1 saturated heterocycles. The summed E-state index contributed by atoms with van der Waals surface area (Å²) < 4.78 is 27.5. The molecule has 1 N–H and O–H groups in total. The predicted molar refractivity (Wildman–Crippen MR) is 64.9 cm³/mol. The maximum absolute atomic E-state index is 11.0. The zero-order valence-corrected chi connectivity index (χ0v) is 10.5. The third-order valence-corrected chi connectivity index (χ3v) is 4.37. The molecule has 1 fully saturated rings. The monoisotopic (exact) mass is 256 g/mol. The Morgan fingerprint density at radius 3 is 2.76 bits per heavy atom. The highest BCUT2D eigenvalue weighted by atomic mass is 32.2. The van der Waals surface area contributed by atoms with Crippen LogP contribution in [0.25, 0.3) is 0 Å². The van der Waals surface area contributed by atoms with Gasteiger partial charge in [-0.05, 0) is 31.0 Å². The van der Waals surface area contributed by atoms with Gasteiger partial charge in [-0.15, -0.1) is 0 Å². The van der Waals surface area contributed by atoms with E-state index in [1.807, 2.05) is 18.2 Å². The van der Waals surface area contributed by atoms with Gasteiger partial charge < -0.3 is 9.84 Å². The first-order valence-corrected chi connectivity index (χ1v) is 7.41. The van der Waals surface area contributed by atoms with Crippen molar-refractivity contribution < 1.29 is 18.3 Å². The second-order valence-electron chi connectivity index (χ2n) is 4.52. The van der Waals surface area contributed by atoms with Crippen LogP contribution in [0.1, 0.15) is 12.5 Å². The Kier molecular flexibility index (Phi) is 3.40. The molecule has 17 heavy (non-hydrogen) atoms. The molecule has 0 bridgehead atoms. The average molecular weight is 256 g/mol. The van der Waals surface area contributed by atoms with Crippen LogP contribution in [0.4, 0.5) is 0 Å². The fourth-order valence-corrected chi connectivity index (χ4v) is 3.04. The van der Waals surface area contributed by atoms with Crippen LogP contribution < -0.4 is 4.74 Å². The first kappa shape index (κ1) is 12.4. The molecule has 4 nitrogen and oxygen atoms in total. The van der Waals surface area contributed by atoms with Crippen molar-refractivity contribution in [3.8, 4) is 5.75 Å². The Hall–Kier alpha value is -1.07. The lowest BCUT2D eigenvalue weighted by molar-refractivity contribution is 0.195. The number of sulfone groups is 1. The second kappa shape index (κ2) is 4.66. The second-order valence-corrected chi connectivity index (χ2v) is 6.67. The summed E-state index contributed by atoms with van der Waals surface area (Å²) in [6.07, 6.45) is -0.0451. The van der Waals surface area contributed by atoms with E-state index in [1.54, 1.807) is 13.0 Å². The Balaban J connectivity index is 1.97. The van der Waals surface area contributed by atoms with Crippen LogP contribution in [0.5, 0.6) is 5.75 Å². The summed E-state index contributed by atoms with van der Waals surface area (Å²) in [5.41, 5.74) is 0.986. The Morgan fingerprint density at radius 1 is 1.47 bits per heavy atom. The fraction of sp³-hybridized carbons (Fsp3) is 0.500. The van der Waals surface area contributed by atoms with Crippen molar-refractivity contribution in [2.24, 2.45) is 0 Å². The highest BCUT2D eigenvalue weighted by Crippen LogP contribution is 2.21. The summed E-state index contributed by atoms with van der Waals surface area (Å²) in [4.78, 5) is 0. The molecule has 1 aliphatic heterocycles. The first-order chi connectivity index (χ1) is 7.94. The third-order valence-electron chi connectivity index (χ3n) is 2.61. The van der Waals surface area contributed by atoms with Crippen molar-refractivity contribution >= 4 is 9.84 Å². The van der Waals surface area contributed by atoms with Gasteiger partial charge in [0.15, 0.2) is 9.84 Å². The molecular formula is C12H16O4S. The molecule has 1 heterocycles. The van der Waals surface area contributed by atoms with Crippen molar-refractivity contribution in [2.75, 3.05) is 11.5 Å². The number of aliphatic hydroxyl groups is 1. The van der Waals surface area contributed by atoms with E-state index in [4.69, 9.17) is 4.74 Å². The summed E-state index contributed by atoms with van der Waals surface area (Å²) in [5.74, 6) is 0.879. The lowest BCUT2D eigenvalue weighted by atomic mass is 10.1. The third kappa shape index (κ3) is 3.44. The molecule has 2 rings (SSSR count). The highest BCUT2D eigenvalue weighted by molar-refractivity contribution is 7.92. The van der Waals surface area contributed by atoms with E-state index in [0.717, 1.165) is 5.56 Å². The summed E-state index contributed by atoms with van der Waals surface area (Å²) in [7, 11) is -2.84. The van der Waals surface area contributed by atoms with Crippen molar-refractivity contribution in [3.63, 3.8) is 0 Å². The number of benzene rings is 1. The number of ether oxygens (including phenoxy) is 1. The topological polar surface area (TPSA) is 63.6 Å². The van der Waals surface area contributed by atoms with E-state index in [-0.39, 0.29) is 17.6 Å². The average Bonchev–Trinajstić information content (AvgIpc) is 2.14. The zero-order chi connectivity index (χ0) is 12.5. The van der Waals surface area contributed by atoms with Crippen LogP contribution in [0.2, 0.25) is 0 Å². The van der Waals surface area contributed by atoms with E-state index in [1.165, 1.54) is 0 Å². The van der Waals surface area contributed by atoms with Crippen LogP contribution in [0.3, 0.4) is 0 Å². The normalized spacial score (nSPS) is 20.6. The molecule has 0 radical (unpaired) electrons. The fourth-order valence-electron chi connectivity index (χ4n) is 1.87. The number of aliphatic hydroxyl groups excluding tert-OH is 1. The van der Waals surface area contributed by atoms with Gasteiger partial charge in [-0.25, -0.2) is 8.42 Å². The van der Waals surface area contributed by atoms with Gasteiger partial charge in [-0.2, -0.15) is 0 Å². The summed E-state index contributed by atoms with van der Waals surface area (Å²) >= 11 is 0. The number of hydrogen-bond donors (Lipinski definition) is 1. The Morgan fingerprint density at radius 2 is 2.18 bits per heavy atom. The van der Waals surface area contributed by atoms with E-state index >= 15 is 0 Å². The molecule has 0 aliphatic carbocycles. The Bertz CT molecular complexity index is 481. The van der Waals surface area contributed by atoms with Gasteiger partial charge in [-0.1, -0.05) is 12.1 Å². The quantitative estimate of drug-likeness (QED) is 0.865. The molecular weight excluding hydrogens is 240 g/mol. The van der Waals surface area contributed by atoms with Gasteiger partial charge in [-0.3, -0.25) is 0 Å². The maximum atomic E-state index is 11.0. The van der Waals surface area contributed by atoms with Gasteiger partial charge >= 0.3 is 0 Å². The van der Waals surface area contributed by atoms with Crippen molar-refractivity contribution in [1.29, 1.82) is 0 Å². The minimum atomic E-state index is -2.84. The summed E-state index contributed by atoms with van der Waals surface area (Å²) in [5, 5.41) is 9.28. The van der Waals surface area contributed by atoms with Crippen LogP contribution in [-0.2, 0) is 16.3 Å². The van der Waals surface area contributed by atoms with E-state index in [0.29, 0.717) is 12.2 Å². The van der Waals surface area contributed by atoms with Gasteiger partial charge in [0.2, 0.25) is 0 Å². The Labute approximate surface area is 101 Å². The van der Waals surface area contributed by atoms with E-state index < -0.39 is 15.9 Å². The zero-order valence-electron chi connectivity index (χ0n) is 9.67. The molecule has 1 unspecified atom stereocenters. The van der Waals surface area contributed by atoms with Gasteiger partial charge in [0.05, 0.1) is 17.6 Å². The minimum Gasteiger partial charge on any atom is -0.488 e. The van der Waals surface area contributed by atoms with Crippen LogP contribution >= 0.6 is 0 Å². The van der Waals surface area contributed by atoms with Crippen LogP contribution in [0.15, 0.2) is 24.3 Å². The molecule has 1 aromatic rings. The molecule has 94 valence electrons. The molecule has 0 aromatic heterocycles. The molecule has 1 aliphatic rings. The largest absolute Gasteiger partial charge is 0.488 e. The molecule has 5 heteroatoms. The van der Waals surface area contributed by atoms with Crippen LogP contribution in [-0.4, -0.2) is 37.2 Å². The molecule has 0 saturated carbocycles. The molecule has 0 amide bonds. The molecule has 1 atom stereocenters. The number of rotatable bonds is 4. The van der Waals surface area contributed by atoms with Crippen molar-refractivity contribution in [2.45, 2.75) is 25.6 Å². The van der Waals surface area contributed by atoms with Crippen molar-refractivity contribution in [3.05, 3.63) is 29.8 Å². The SMILES string of the molecule is CC(O)Cc1cccc(OC2CS(=O)(=O)C2)c1. The predicted octanol–water partition coefficient (Wildman–Crippen LogP) is 0.786. The minimum absolute atomic E-state index is 0.105. The standard InChI is InChI=1S/C12H16O4S/c1-9(13)5-10-3-2-4-11(6-10)16-12-7-17(14,15)8-12/h2-4,6,9,12-13H,5,7-8H2,1H3. The summed E-state index contributed by atoms with van der Waals surface area (Å²) in [6, 6.07) is 7.41. The van der Waals surface area contributed by atoms with E-state index in [9.17, 15) is 13.5 Å². The van der Waals surface area contributed by atoms with Crippen molar-refractivity contribution in [1.82, 2.24) is 0 Å². The smallest absolute Gasteiger partial charge is 0.157 e. The lowest BCUT2D eigenvalue weighted by Gasteiger charge is -2.26. The highest BCUT2D eigenvalue weighted by Gasteiger charge is 2.35. The van der Waals surface area contributed by atoms with Gasteiger partial charge in [0.1, 0.15) is 11.9 Å². The molecule has 1 aromatic carbocycles. The van der Waals surface area contributed by atoms with Crippen LogP contribution in [0, 0.1) is 0 Å². The number of hydrogen-bond acceptors (Lipinski definition) is 4.